The van der Waals surface area contributed by atoms with Crippen LogP contribution in [-0.4, -0.2) is 67.4 Å². The zero-order chi connectivity index (χ0) is 23.8. The van der Waals surface area contributed by atoms with Gasteiger partial charge in [0.2, 0.25) is 0 Å². The van der Waals surface area contributed by atoms with Gasteiger partial charge in [-0.15, -0.1) is 0 Å². The Morgan fingerprint density at radius 2 is 2.03 bits per heavy atom. The number of hydrogen-bond acceptors (Lipinski definition) is 7. The molecule has 1 aliphatic heterocycles. The quantitative estimate of drug-likeness (QED) is 0.536. The largest absolute Gasteiger partial charge is 0.493 e. The lowest BCUT2D eigenvalue weighted by molar-refractivity contribution is 0.205. The lowest BCUT2D eigenvalue weighted by Gasteiger charge is -2.21. The molecule has 0 amide bonds. The summed E-state index contributed by atoms with van der Waals surface area (Å²) in [6.45, 7) is 0.566. The fraction of sp³-hybridized carbons (Fsp3) is 0.333. The summed E-state index contributed by atoms with van der Waals surface area (Å²) in [5.74, 6) is 0.611. The van der Waals surface area contributed by atoms with Crippen LogP contribution >= 0.6 is 11.6 Å². The van der Waals surface area contributed by atoms with Crippen LogP contribution in [0, 0.1) is 5.82 Å². The van der Waals surface area contributed by atoms with E-state index < -0.39 is 16.0 Å². The van der Waals surface area contributed by atoms with Crippen molar-refractivity contribution in [2.45, 2.75) is 12.5 Å². The molecule has 1 N–H and O–H groups in total. The van der Waals surface area contributed by atoms with Gasteiger partial charge in [-0.1, -0.05) is 17.7 Å². The number of benzene rings is 2. The number of anilines is 2. The Balaban J connectivity index is 1.65. The molecule has 3 aromatic rings. The maximum absolute atomic E-state index is 14.4. The van der Waals surface area contributed by atoms with Gasteiger partial charge in [0.25, 0.3) is 10.2 Å². The molecule has 1 fully saturated rings. The van der Waals surface area contributed by atoms with Crippen LogP contribution in [0.15, 0.2) is 36.7 Å². The third-order valence-corrected chi connectivity index (χ3v) is 7.51. The zero-order valence-electron chi connectivity index (χ0n) is 18.2. The molecule has 4 rings (SSSR count). The molecule has 0 aliphatic carbocycles. The smallest absolute Gasteiger partial charge is 0.281 e. The molecule has 176 valence electrons. The van der Waals surface area contributed by atoms with Crippen molar-refractivity contribution in [3.8, 4) is 11.5 Å². The van der Waals surface area contributed by atoms with Gasteiger partial charge in [-0.05, 0) is 24.6 Å². The van der Waals surface area contributed by atoms with Crippen molar-refractivity contribution in [3.63, 3.8) is 0 Å². The molecule has 0 radical (unpaired) electrons. The number of nitrogens with one attached hydrogen (secondary N) is 1. The van der Waals surface area contributed by atoms with E-state index in [-0.39, 0.29) is 23.4 Å². The van der Waals surface area contributed by atoms with E-state index in [4.69, 9.17) is 21.1 Å². The molecular weight excluding hydrogens is 473 g/mol. The molecule has 12 heteroatoms. The Kier molecular flexibility index (Phi) is 6.57. The number of hydrogen-bond donors (Lipinski definition) is 1. The van der Waals surface area contributed by atoms with Gasteiger partial charge in [0, 0.05) is 32.1 Å². The third-order valence-electron chi connectivity index (χ3n) is 5.31. The Morgan fingerprint density at radius 1 is 1.24 bits per heavy atom. The molecule has 1 aromatic heterocycles. The van der Waals surface area contributed by atoms with E-state index in [1.807, 2.05) is 0 Å². The highest BCUT2D eigenvalue weighted by Crippen LogP contribution is 2.37. The summed E-state index contributed by atoms with van der Waals surface area (Å²) in [5, 5.41) is 3.51. The molecule has 1 saturated heterocycles. The summed E-state index contributed by atoms with van der Waals surface area (Å²) in [4.78, 5) is 8.51. The standard InChI is InChI=1S/C21H23ClFN5O4S/c1-27(2)33(29,30)28-8-7-13(11-28)32-19-9-14-17(10-18(19)31-3)24-12-25-21(14)26-16-6-4-5-15(22)20(16)23/h4-6,9-10,12-13H,7-8,11H2,1-3H3,(H,24,25,26)/t13-/m0/s1. The van der Waals surface area contributed by atoms with Crippen LogP contribution in [0.25, 0.3) is 10.9 Å². The molecule has 9 nitrogen and oxygen atoms in total. The first-order chi connectivity index (χ1) is 15.7. The average molecular weight is 496 g/mol. The number of halogens is 2. The van der Waals surface area contributed by atoms with E-state index >= 15 is 0 Å². The average Bonchev–Trinajstić information content (AvgIpc) is 3.26. The summed E-state index contributed by atoms with van der Waals surface area (Å²) in [6.07, 6.45) is 1.52. The van der Waals surface area contributed by atoms with E-state index in [0.717, 1.165) is 0 Å². The summed E-state index contributed by atoms with van der Waals surface area (Å²) in [6, 6.07) is 8.02. The monoisotopic (exact) mass is 495 g/mol. The summed E-state index contributed by atoms with van der Waals surface area (Å²) >= 11 is 5.89. The van der Waals surface area contributed by atoms with Crippen molar-refractivity contribution >= 4 is 44.2 Å². The van der Waals surface area contributed by atoms with Gasteiger partial charge in [0.05, 0.1) is 29.9 Å². The maximum Gasteiger partial charge on any atom is 0.281 e. The van der Waals surface area contributed by atoms with Crippen LogP contribution in [0.4, 0.5) is 15.9 Å². The number of aromatic nitrogens is 2. The second-order valence-electron chi connectivity index (χ2n) is 7.65. The first kappa shape index (κ1) is 23.4. The number of methoxy groups -OCH3 is 1. The topological polar surface area (TPSA) is 96.9 Å². The Bertz CT molecular complexity index is 1290. The molecule has 1 aliphatic rings. The highest BCUT2D eigenvalue weighted by Gasteiger charge is 2.34. The molecule has 0 unspecified atom stereocenters. The maximum atomic E-state index is 14.4. The number of rotatable bonds is 7. The second kappa shape index (κ2) is 9.26. The Labute approximate surface area is 196 Å². The molecule has 0 spiro atoms. The van der Waals surface area contributed by atoms with Crippen LogP contribution in [-0.2, 0) is 10.2 Å². The number of nitrogens with zero attached hydrogens (tertiary/aromatic N) is 4. The van der Waals surface area contributed by atoms with Crippen molar-refractivity contribution in [2.24, 2.45) is 0 Å². The Morgan fingerprint density at radius 3 is 2.76 bits per heavy atom. The van der Waals surface area contributed by atoms with Gasteiger partial charge >= 0.3 is 0 Å². The Hall–Kier alpha value is -2.73. The number of fused-ring (bicyclic) bond motifs is 1. The number of ether oxygens (including phenoxy) is 2. The van der Waals surface area contributed by atoms with E-state index in [9.17, 15) is 12.8 Å². The summed E-state index contributed by atoms with van der Waals surface area (Å²) in [5.41, 5.74) is 0.725. The lowest BCUT2D eigenvalue weighted by atomic mass is 10.2. The highest BCUT2D eigenvalue weighted by atomic mass is 35.5. The van der Waals surface area contributed by atoms with Gasteiger partial charge in [-0.25, -0.2) is 14.4 Å². The fourth-order valence-corrected chi connectivity index (χ4v) is 4.88. The zero-order valence-corrected chi connectivity index (χ0v) is 19.8. The van der Waals surface area contributed by atoms with Crippen LogP contribution in [0.5, 0.6) is 11.5 Å². The van der Waals surface area contributed by atoms with Crippen molar-refractivity contribution < 1.29 is 22.3 Å². The van der Waals surface area contributed by atoms with Gasteiger partial charge in [0.15, 0.2) is 17.3 Å². The SMILES string of the molecule is COc1cc2ncnc(Nc3cccc(Cl)c3F)c2cc1O[C@H]1CCN(S(=O)(=O)N(C)C)C1. The minimum atomic E-state index is -3.52. The first-order valence-electron chi connectivity index (χ1n) is 10.1. The van der Waals surface area contributed by atoms with Crippen molar-refractivity contribution in [1.82, 2.24) is 18.6 Å². The first-order valence-corrected chi connectivity index (χ1v) is 11.9. The molecular formula is C21H23ClFN5O4S. The second-order valence-corrected chi connectivity index (χ2v) is 10.2. The van der Waals surface area contributed by atoms with Crippen LogP contribution in [0.1, 0.15) is 6.42 Å². The fourth-order valence-electron chi connectivity index (χ4n) is 3.56. The molecule has 0 saturated carbocycles. The molecule has 33 heavy (non-hydrogen) atoms. The van der Waals surface area contributed by atoms with Gasteiger partial charge in [0.1, 0.15) is 18.2 Å². The lowest BCUT2D eigenvalue weighted by Crippen LogP contribution is -2.39. The summed E-state index contributed by atoms with van der Waals surface area (Å²) < 4.78 is 53.4. The molecule has 2 heterocycles. The third kappa shape index (κ3) is 4.67. The minimum absolute atomic E-state index is 0.0116. The summed E-state index contributed by atoms with van der Waals surface area (Å²) in [7, 11) is 0.972. The molecule has 0 bridgehead atoms. The van der Waals surface area contributed by atoms with Gasteiger partial charge < -0.3 is 14.8 Å². The normalized spacial score (nSPS) is 17.0. The van der Waals surface area contributed by atoms with Crippen molar-refractivity contribution in [2.75, 3.05) is 39.6 Å². The minimum Gasteiger partial charge on any atom is -0.493 e. The van der Waals surface area contributed by atoms with E-state index in [1.165, 1.54) is 42.2 Å². The highest BCUT2D eigenvalue weighted by molar-refractivity contribution is 7.86. The predicted octanol–water partition coefficient (Wildman–Crippen LogP) is 3.43. The van der Waals surface area contributed by atoms with Gasteiger partial charge in [-0.2, -0.15) is 17.0 Å². The van der Waals surface area contributed by atoms with Gasteiger partial charge in [-0.3, -0.25) is 0 Å². The van der Waals surface area contributed by atoms with Crippen molar-refractivity contribution in [3.05, 3.63) is 47.5 Å². The molecule has 2 aromatic carbocycles. The van der Waals surface area contributed by atoms with E-state index in [0.29, 0.717) is 41.2 Å². The predicted molar refractivity (Wildman–Crippen MR) is 124 cm³/mol. The van der Waals surface area contributed by atoms with Crippen molar-refractivity contribution in [1.29, 1.82) is 0 Å². The van der Waals surface area contributed by atoms with E-state index in [2.05, 4.69) is 15.3 Å². The van der Waals surface area contributed by atoms with Crippen LogP contribution in [0.3, 0.4) is 0 Å². The van der Waals surface area contributed by atoms with E-state index in [1.54, 1.807) is 24.3 Å². The van der Waals surface area contributed by atoms with Crippen LogP contribution in [0.2, 0.25) is 5.02 Å². The van der Waals surface area contributed by atoms with Crippen LogP contribution < -0.4 is 14.8 Å². The molecule has 1 atom stereocenters.